The van der Waals surface area contributed by atoms with E-state index in [0.29, 0.717) is 12.2 Å². The van der Waals surface area contributed by atoms with Crippen LogP contribution in [0.3, 0.4) is 0 Å². The van der Waals surface area contributed by atoms with Gasteiger partial charge in [-0.15, -0.1) is 0 Å². The van der Waals surface area contributed by atoms with E-state index in [4.69, 9.17) is 9.47 Å². The number of amides is 1. The highest BCUT2D eigenvalue weighted by molar-refractivity contribution is 9.10. The second-order valence-electron chi connectivity index (χ2n) is 7.88. The van der Waals surface area contributed by atoms with Crippen LogP contribution in [0.25, 0.3) is 22.0 Å². The molecule has 1 aromatic heterocycles. The molecule has 31 heavy (non-hydrogen) atoms. The molecule has 160 valence electrons. The fourth-order valence-corrected chi connectivity index (χ4v) is 4.53. The molecule has 0 spiro atoms. The van der Waals surface area contributed by atoms with Crippen LogP contribution in [0.15, 0.2) is 46.9 Å². The highest BCUT2D eigenvalue weighted by Crippen LogP contribution is 2.38. The molecule has 1 amide bonds. The smallest absolute Gasteiger partial charge is 0.256 e. The SMILES string of the molecule is C/C(=C1/C(=O)Nc2ccc(Br)cc21)c1cc2cc(OCCN3CCOCC3)ccc2[nH]1. The van der Waals surface area contributed by atoms with E-state index in [2.05, 4.69) is 37.2 Å². The summed E-state index contributed by atoms with van der Waals surface area (Å²) in [5.41, 5.74) is 5.32. The summed E-state index contributed by atoms with van der Waals surface area (Å²) in [5, 5.41) is 4.02. The molecule has 1 saturated heterocycles. The first-order valence-electron chi connectivity index (χ1n) is 10.5. The second kappa shape index (κ2) is 8.49. The van der Waals surface area contributed by atoms with Crippen LogP contribution in [0.5, 0.6) is 5.75 Å². The van der Waals surface area contributed by atoms with E-state index < -0.39 is 0 Å². The Morgan fingerprint density at radius 1 is 1.16 bits per heavy atom. The number of allylic oxidation sites excluding steroid dienone is 1. The number of rotatable bonds is 5. The number of ether oxygens (including phenoxy) is 2. The minimum atomic E-state index is -0.0728. The van der Waals surface area contributed by atoms with Gasteiger partial charge in [0.2, 0.25) is 0 Å². The van der Waals surface area contributed by atoms with Crippen molar-refractivity contribution in [2.24, 2.45) is 0 Å². The maximum absolute atomic E-state index is 12.6. The predicted molar refractivity (Wildman–Crippen MR) is 126 cm³/mol. The number of benzene rings is 2. The number of hydrogen-bond donors (Lipinski definition) is 2. The van der Waals surface area contributed by atoms with Gasteiger partial charge in [-0.1, -0.05) is 15.9 Å². The zero-order valence-corrected chi connectivity index (χ0v) is 18.9. The first kappa shape index (κ1) is 20.3. The van der Waals surface area contributed by atoms with E-state index in [9.17, 15) is 4.79 Å². The molecule has 2 aliphatic heterocycles. The Kier molecular flexibility index (Phi) is 5.56. The van der Waals surface area contributed by atoms with Gasteiger partial charge >= 0.3 is 0 Å². The molecule has 0 saturated carbocycles. The molecule has 3 heterocycles. The molecule has 6 nitrogen and oxygen atoms in total. The van der Waals surface area contributed by atoms with Crippen molar-refractivity contribution in [3.05, 3.63) is 58.2 Å². The van der Waals surface area contributed by atoms with Crippen LogP contribution in [0.4, 0.5) is 5.69 Å². The van der Waals surface area contributed by atoms with Crippen LogP contribution in [-0.2, 0) is 9.53 Å². The van der Waals surface area contributed by atoms with Crippen molar-refractivity contribution >= 4 is 49.6 Å². The van der Waals surface area contributed by atoms with Crippen molar-refractivity contribution in [3.63, 3.8) is 0 Å². The van der Waals surface area contributed by atoms with Crippen molar-refractivity contribution < 1.29 is 14.3 Å². The molecule has 2 aromatic carbocycles. The predicted octanol–water partition coefficient (Wildman–Crippen LogP) is 4.52. The number of nitrogens with zero attached hydrogens (tertiary/aromatic N) is 1. The van der Waals surface area contributed by atoms with Gasteiger partial charge in [0.05, 0.1) is 18.8 Å². The van der Waals surface area contributed by atoms with Crippen LogP contribution in [0, 0.1) is 0 Å². The number of anilines is 1. The lowest BCUT2D eigenvalue weighted by Crippen LogP contribution is -2.38. The second-order valence-corrected chi connectivity index (χ2v) is 8.79. The molecule has 0 bridgehead atoms. The minimum absolute atomic E-state index is 0.0728. The van der Waals surface area contributed by atoms with Crippen LogP contribution < -0.4 is 10.1 Å². The average molecular weight is 482 g/mol. The van der Waals surface area contributed by atoms with Crippen molar-refractivity contribution in [3.8, 4) is 5.75 Å². The van der Waals surface area contributed by atoms with E-state index >= 15 is 0 Å². The van der Waals surface area contributed by atoms with Crippen LogP contribution in [0.1, 0.15) is 18.2 Å². The van der Waals surface area contributed by atoms with Gasteiger partial charge < -0.3 is 19.8 Å². The van der Waals surface area contributed by atoms with E-state index in [1.165, 1.54) is 0 Å². The van der Waals surface area contributed by atoms with Crippen molar-refractivity contribution in [2.75, 3.05) is 44.8 Å². The van der Waals surface area contributed by atoms with Crippen molar-refractivity contribution in [1.82, 2.24) is 9.88 Å². The first-order chi connectivity index (χ1) is 15.1. The fraction of sp³-hybridized carbons (Fsp3) is 0.292. The van der Waals surface area contributed by atoms with Gasteiger partial charge in [-0.05, 0) is 55.0 Å². The molecule has 5 rings (SSSR count). The molecule has 3 aromatic rings. The highest BCUT2D eigenvalue weighted by atomic mass is 79.9. The van der Waals surface area contributed by atoms with Crippen LogP contribution in [-0.4, -0.2) is 55.2 Å². The molecule has 0 atom stereocenters. The number of aromatic nitrogens is 1. The molecule has 2 aliphatic rings. The third-order valence-electron chi connectivity index (χ3n) is 5.88. The molecule has 0 unspecified atom stereocenters. The Morgan fingerprint density at radius 3 is 2.84 bits per heavy atom. The fourth-order valence-electron chi connectivity index (χ4n) is 4.17. The Balaban J connectivity index is 1.37. The number of morpholine rings is 1. The quantitative estimate of drug-likeness (QED) is 0.525. The third-order valence-corrected chi connectivity index (χ3v) is 6.37. The zero-order valence-electron chi connectivity index (χ0n) is 17.3. The number of hydrogen-bond acceptors (Lipinski definition) is 4. The monoisotopic (exact) mass is 481 g/mol. The summed E-state index contributed by atoms with van der Waals surface area (Å²) >= 11 is 3.51. The molecular formula is C24H24BrN3O3. The number of nitrogens with one attached hydrogen (secondary N) is 2. The lowest BCUT2D eigenvalue weighted by Gasteiger charge is -2.26. The van der Waals surface area contributed by atoms with Crippen molar-refractivity contribution in [1.29, 1.82) is 0 Å². The number of aromatic amines is 1. The van der Waals surface area contributed by atoms with Gasteiger partial charge in [0.1, 0.15) is 12.4 Å². The number of carbonyl (C=O) groups is 1. The lowest BCUT2D eigenvalue weighted by atomic mass is 10.00. The van der Waals surface area contributed by atoms with E-state index in [-0.39, 0.29) is 5.91 Å². The Bertz CT molecular complexity index is 1180. The third kappa shape index (κ3) is 4.13. The summed E-state index contributed by atoms with van der Waals surface area (Å²) < 4.78 is 12.3. The lowest BCUT2D eigenvalue weighted by molar-refractivity contribution is -0.110. The maximum Gasteiger partial charge on any atom is 0.256 e. The van der Waals surface area contributed by atoms with Crippen molar-refractivity contribution in [2.45, 2.75) is 6.92 Å². The summed E-state index contributed by atoms with van der Waals surface area (Å²) in [6.45, 7) is 7.05. The molecule has 1 fully saturated rings. The highest BCUT2D eigenvalue weighted by Gasteiger charge is 2.27. The summed E-state index contributed by atoms with van der Waals surface area (Å²) in [7, 11) is 0. The topological polar surface area (TPSA) is 66.6 Å². The minimum Gasteiger partial charge on any atom is -0.492 e. The van der Waals surface area contributed by atoms with Gasteiger partial charge in [-0.3, -0.25) is 9.69 Å². The molecule has 7 heteroatoms. The number of carbonyl (C=O) groups excluding carboxylic acids is 1. The summed E-state index contributed by atoms with van der Waals surface area (Å²) in [5.74, 6) is 0.779. The molecule has 0 radical (unpaired) electrons. The Hall–Kier alpha value is -2.61. The number of fused-ring (bicyclic) bond motifs is 2. The van der Waals surface area contributed by atoms with E-state index in [1.807, 2.05) is 43.3 Å². The van der Waals surface area contributed by atoms with Gasteiger partial charge in [0.25, 0.3) is 5.91 Å². The Labute approximate surface area is 189 Å². The number of H-pyrrole nitrogens is 1. The average Bonchev–Trinajstić information content (AvgIpc) is 3.34. The van der Waals surface area contributed by atoms with E-state index in [0.717, 1.165) is 76.5 Å². The van der Waals surface area contributed by atoms with E-state index in [1.54, 1.807) is 0 Å². The first-order valence-corrected chi connectivity index (χ1v) is 11.3. The summed E-state index contributed by atoms with van der Waals surface area (Å²) in [6.07, 6.45) is 0. The Morgan fingerprint density at radius 2 is 2.00 bits per heavy atom. The normalized spacial score (nSPS) is 18.2. The summed E-state index contributed by atoms with van der Waals surface area (Å²) in [6, 6.07) is 14.0. The van der Waals surface area contributed by atoms with Crippen LogP contribution in [0.2, 0.25) is 0 Å². The largest absolute Gasteiger partial charge is 0.492 e. The molecule has 0 aliphatic carbocycles. The van der Waals surface area contributed by atoms with Gasteiger partial charge in [0, 0.05) is 52.0 Å². The van der Waals surface area contributed by atoms with Gasteiger partial charge in [0.15, 0.2) is 0 Å². The summed E-state index contributed by atoms with van der Waals surface area (Å²) in [4.78, 5) is 18.4. The zero-order chi connectivity index (χ0) is 21.4. The number of halogens is 1. The van der Waals surface area contributed by atoms with Crippen LogP contribution >= 0.6 is 15.9 Å². The van der Waals surface area contributed by atoms with Gasteiger partial charge in [-0.2, -0.15) is 0 Å². The maximum atomic E-state index is 12.6. The standard InChI is InChI=1S/C24H24BrN3O3/c1-15(23-19-14-17(25)2-4-21(19)27-24(23)29)22-13-16-12-18(3-5-20(16)26-22)31-11-8-28-6-9-30-10-7-28/h2-5,12-14,26H,6-11H2,1H3,(H,27,29)/b23-15-. The molecular weight excluding hydrogens is 458 g/mol. The van der Waals surface area contributed by atoms with Gasteiger partial charge in [-0.25, -0.2) is 0 Å². The molecule has 2 N–H and O–H groups in total.